The van der Waals surface area contributed by atoms with E-state index in [9.17, 15) is 4.79 Å². The zero-order chi connectivity index (χ0) is 21.3. The first-order valence-corrected chi connectivity index (χ1v) is 14.9. The molecule has 0 unspecified atom stereocenters. The molecule has 3 rings (SSSR count). The molecule has 1 heterocycles. The van der Waals surface area contributed by atoms with Crippen LogP contribution in [0.3, 0.4) is 0 Å². The Labute approximate surface area is 193 Å². The van der Waals surface area contributed by atoms with Gasteiger partial charge in [0.05, 0.1) is 15.6 Å². The highest BCUT2D eigenvalue weighted by Gasteiger charge is 2.32. The van der Waals surface area contributed by atoms with Crippen LogP contribution in [0.1, 0.15) is 68.1 Å². The van der Waals surface area contributed by atoms with Gasteiger partial charge in [0.2, 0.25) is 0 Å². The highest BCUT2D eigenvalue weighted by atomic mass is 35.5. The molecule has 0 bridgehead atoms. The van der Waals surface area contributed by atoms with E-state index >= 15 is 0 Å². The zero-order valence-corrected chi connectivity index (χ0v) is 20.9. The molecule has 2 fully saturated rings. The Morgan fingerprint density at radius 3 is 2.33 bits per heavy atom. The number of unbranched alkanes of at least 4 members (excludes halogenated alkanes) is 2. The number of halogens is 2. The highest BCUT2D eigenvalue weighted by molar-refractivity contribution is 6.58. The molecular formula is C24H36Cl2O3Si. The van der Waals surface area contributed by atoms with Crippen LogP contribution in [0.25, 0.3) is 0 Å². The Kier molecular flexibility index (Phi) is 10.0. The van der Waals surface area contributed by atoms with Crippen LogP contribution in [-0.2, 0) is 9.47 Å². The molecule has 0 radical (unpaired) electrons. The molecule has 1 aromatic rings. The van der Waals surface area contributed by atoms with E-state index < -0.39 is 8.80 Å². The lowest BCUT2D eigenvalue weighted by Crippen LogP contribution is -2.31. The number of methoxy groups -OCH3 is 1. The molecule has 6 heteroatoms. The summed E-state index contributed by atoms with van der Waals surface area (Å²) in [6.45, 7) is 0.916. The first-order valence-electron chi connectivity index (χ1n) is 11.7. The van der Waals surface area contributed by atoms with Crippen LogP contribution in [0.15, 0.2) is 18.2 Å². The summed E-state index contributed by atoms with van der Waals surface area (Å²) in [6.07, 6.45) is 11.3. The van der Waals surface area contributed by atoms with Gasteiger partial charge in [-0.3, -0.25) is 0 Å². The molecule has 1 aromatic carbocycles. The van der Waals surface area contributed by atoms with Gasteiger partial charge >= 0.3 is 5.97 Å². The Balaban J connectivity index is 1.34. The van der Waals surface area contributed by atoms with Gasteiger partial charge in [-0.2, -0.15) is 0 Å². The standard InChI is InChI=1S/C24H36Cl2O3Si/c1-28-13-3-2-4-14-30-15-11-19(12-16-30)18-5-8-21(9-6-18)29-24(27)20-7-10-22(25)23(26)17-20/h7,10,17-19,21,30H,2-6,8-9,11-16H2,1H3. The van der Waals surface area contributed by atoms with Crippen molar-refractivity contribution < 1.29 is 14.3 Å². The second kappa shape index (κ2) is 12.5. The van der Waals surface area contributed by atoms with Gasteiger partial charge in [0, 0.05) is 22.5 Å². The van der Waals surface area contributed by atoms with Crippen LogP contribution in [-0.4, -0.2) is 34.6 Å². The summed E-state index contributed by atoms with van der Waals surface area (Å²) in [5.41, 5.74) is 0.483. The SMILES string of the molecule is COCCCCC[SiH]1CCC(C2CCC(OC(=O)c3ccc(Cl)c(Cl)c3)CC2)CC1. The lowest BCUT2D eigenvalue weighted by atomic mass is 9.76. The van der Waals surface area contributed by atoms with E-state index in [1.165, 1.54) is 51.0 Å². The van der Waals surface area contributed by atoms with Crippen LogP contribution >= 0.6 is 23.2 Å². The van der Waals surface area contributed by atoms with Gasteiger partial charge in [-0.05, 0) is 62.1 Å². The third kappa shape index (κ3) is 7.25. The van der Waals surface area contributed by atoms with Gasteiger partial charge < -0.3 is 9.47 Å². The summed E-state index contributed by atoms with van der Waals surface area (Å²) in [4.78, 5) is 12.4. The molecule has 30 heavy (non-hydrogen) atoms. The van der Waals surface area contributed by atoms with Crippen LogP contribution in [0, 0.1) is 11.8 Å². The summed E-state index contributed by atoms with van der Waals surface area (Å²) < 4.78 is 10.9. The van der Waals surface area contributed by atoms with Crippen LogP contribution in [0.4, 0.5) is 0 Å². The molecule has 168 valence electrons. The maximum absolute atomic E-state index is 12.4. The number of hydrogen-bond donors (Lipinski definition) is 0. The number of carbonyl (C=O) groups is 1. The molecule has 1 aliphatic carbocycles. The number of carbonyl (C=O) groups excluding carboxylic acids is 1. The van der Waals surface area contributed by atoms with E-state index in [0.717, 1.165) is 31.3 Å². The molecule has 1 aliphatic heterocycles. The van der Waals surface area contributed by atoms with Crippen molar-refractivity contribution in [2.45, 2.75) is 82.0 Å². The van der Waals surface area contributed by atoms with E-state index in [1.807, 2.05) is 0 Å². The van der Waals surface area contributed by atoms with E-state index in [2.05, 4.69) is 0 Å². The highest BCUT2D eigenvalue weighted by Crippen LogP contribution is 2.40. The van der Waals surface area contributed by atoms with E-state index in [-0.39, 0.29) is 12.1 Å². The van der Waals surface area contributed by atoms with Crippen LogP contribution in [0.5, 0.6) is 0 Å². The normalized spacial score (nSPS) is 27.0. The van der Waals surface area contributed by atoms with Gasteiger partial charge in [-0.15, -0.1) is 0 Å². The maximum Gasteiger partial charge on any atom is 0.338 e. The van der Waals surface area contributed by atoms with Crippen molar-refractivity contribution in [3.8, 4) is 0 Å². The Bertz CT molecular complexity index is 668. The summed E-state index contributed by atoms with van der Waals surface area (Å²) in [6, 6.07) is 9.55. The van der Waals surface area contributed by atoms with Crippen molar-refractivity contribution in [2.24, 2.45) is 11.8 Å². The molecule has 1 saturated heterocycles. The van der Waals surface area contributed by atoms with Crippen molar-refractivity contribution in [1.29, 1.82) is 0 Å². The molecule has 0 aromatic heterocycles. The Morgan fingerprint density at radius 2 is 1.67 bits per heavy atom. The molecule has 2 aliphatic rings. The third-order valence-corrected chi connectivity index (χ3v) is 11.4. The van der Waals surface area contributed by atoms with Crippen LogP contribution < -0.4 is 0 Å². The molecule has 3 nitrogen and oxygen atoms in total. The number of benzene rings is 1. The fourth-order valence-corrected chi connectivity index (χ4v) is 9.15. The Morgan fingerprint density at radius 1 is 0.967 bits per heavy atom. The number of rotatable bonds is 9. The fraction of sp³-hybridized carbons (Fsp3) is 0.708. The van der Waals surface area contributed by atoms with E-state index in [1.54, 1.807) is 37.4 Å². The lowest BCUT2D eigenvalue weighted by Gasteiger charge is -2.37. The van der Waals surface area contributed by atoms with Crippen LogP contribution in [0.2, 0.25) is 28.2 Å². The van der Waals surface area contributed by atoms with Gasteiger partial charge in [0.1, 0.15) is 6.10 Å². The maximum atomic E-state index is 12.4. The number of esters is 1. The topological polar surface area (TPSA) is 35.5 Å². The second-order valence-corrected chi connectivity index (χ2v) is 13.5. The third-order valence-electron chi connectivity index (χ3n) is 7.17. The largest absolute Gasteiger partial charge is 0.459 e. The number of ether oxygens (including phenoxy) is 2. The second-order valence-electron chi connectivity index (χ2n) is 9.19. The van der Waals surface area contributed by atoms with Crippen molar-refractivity contribution in [1.82, 2.24) is 0 Å². The van der Waals surface area contributed by atoms with Crippen molar-refractivity contribution >= 4 is 38.0 Å². The molecule has 0 N–H and O–H groups in total. The summed E-state index contributed by atoms with van der Waals surface area (Å²) >= 11 is 12.0. The average Bonchev–Trinajstić information content (AvgIpc) is 2.76. The molecule has 0 spiro atoms. The quantitative estimate of drug-likeness (QED) is 0.218. The number of hydrogen-bond acceptors (Lipinski definition) is 3. The minimum Gasteiger partial charge on any atom is -0.459 e. The van der Waals surface area contributed by atoms with Gasteiger partial charge in [0.15, 0.2) is 0 Å². The van der Waals surface area contributed by atoms with Crippen molar-refractivity contribution in [3.05, 3.63) is 33.8 Å². The van der Waals surface area contributed by atoms with Gasteiger partial charge in [0.25, 0.3) is 0 Å². The smallest absolute Gasteiger partial charge is 0.338 e. The monoisotopic (exact) mass is 470 g/mol. The van der Waals surface area contributed by atoms with Crippen molar-refractivity contribution in [3.63, 3.8) is 0 Å². The van der Waals surface area contributed by atoms with Gasteiger partial charge in [-0.1, -0.05) is 67.0 Å². The summed E-state index contributed by atoms with van der Waals surface area (Å²) in [5, 5.41) is 0.849. The minimum atomic E-state index is -0.476. The summed E-state index contributed by atoms with van der Waals surface area (Å²) in [5.74, 6) is 1.46. The molecule has 0 amide bonds. The van der Waals surface area contributed by atoms with Gasteiger partial charge in [-0.25, -0.2) is 4.79 Å². The summed E-state index contributed by atoms with van der Waals surface area (Å²) in [7, 11) is 1.32. The first kappa shape index (κ1) is 24.1. The predicted octanol–water partition coefficient (Wildman–Crippen LogP) is 7.16. The molecule has 1 saturated carbocycles. The average molecular weight is 472 g/mol. The minimum absolute atomic E-state index is 0.0426. The Hall–Kier alpha value is -0.553. The molecule has 0 atom stereocenters. The molecular weight excluding hydrogens is 435 g/mol. The zero-order valence-electron chi connectivity index (χ0n) is 18.2. The predicted molar refractivity (Wildman–Crippen MR) is 128 cm³/mol. The van der Waals surface area contributed by atoms with E-state index in [4.69, 9.17) is 32.7 Å². The first-order chi connectivity index (χ1) is 14.6. The fourth-order valence-electron chi connectivity index (χ4n) is 5.32. The van der Waals surface area contributed by atoms with E-state index in [0.29, 0.717) is 15.6 Å². The lowest BCUT2D eigenvalue weighted by molar-refractivity contribution is 0.0127. The van der Waals surface area contributed by atoms with Crippen molar-refractivity contribution in [2.75, 3.05) is 13.7 Å².